The predicted octanol–water partition coefficient (Wildman–Crippen LogP) is 5.06. The first-order chi connectivity index (χ1) is 15.8. The molecule has 2 heterocycles. The van der Waals surface area contributed by atoms with Crippen LogP contribution in [0, 0.1) is 0 Å². The Morgan fingerprint density at radius 3 is 2.52 bits per heavy atom. The zero-order valence-corrected chi connectivity index (χ0v) is 18.5. The molecule has 9 heteroatoms. The number of carbonyl (C=O) groups excluding carboxylic acids is 1. The molecule has 0 radical (unpaired) electrons. The molecule has 0 unspecified atom stereocenters. The quantitative estimate of drug-likeness (QED) is 0.449. The third-order valence-electron chi connectivity index (χ3n) is 5.26. The van der Waals surface area contributed by atoms with Crippen molar-refractivity contribution >= 4 is 34.6 Å². The lowest BCUT2D eigenvalue weighted by molar-refractivity contribution is -0.137. The van der Waals surface area contributed by atoms with Gasteiger partial charge in [-0.2, -0.15) is 18.2 Å². The molecule has 0 atom stereocenters. The van der Waals surface area contributed by atoms with Crippen LogP contribution in [0.4, 0.5) is 18.9 Å². The van der Waals surface area contributed by atoms with Crippen LogP contribution in [0.25, 0.3) is 6.08 Å². The number of nitrogens with zero attached hydrogens (tertiary/aromatic N) is 3. The van der Waals surface area contributed by atoms with Gasteiger partial charge >= 0.3 is 6.18 Å². The number of thioether (sulfide) groups is 1. The SMILES string of the molecule is C=CCOc1ccccc1C=C1SC(N2CCN(c3cccc(C(F)(F)F)c3)CC2)=NC1=O. The summed E-state index contributed by atoms with van der Waals surface area (Å²) >= 11 is 1.30. The molecule has 0 spiro atoms. The molecule has 172 valence electrons. The van der Waals surface area contributed by atoms with Crippen molar-refractivity contribution in [1.82, 2.24) is 4.90 Å². The summed E-state index contributed by atoms with van der Waals surface area (Å²) in [6.45, 7) is 6.19. The van der Waals surface area contributed by atoms with Crippen molar-refractivity contribution in [2.45, 2.75) is 6.18 Å². The van der Waals surface area contributed by atoms with Crippen molar-refractivity contribution in [3.8, 4) is 5.75 Å². The first-order valence-corrected chi connectivity index (χ1v) is 11.2. The van der Waals surface area contributed by atoms with Crippen molar-refractivity contribution in [2.75, 3.05) is 37.7 Å². The fourth-order valence-corrected chi connectivity index (χ4v) is 4.55. The van der Waals surface area contributed by atoms with E-state index in [0.29, 0.717) is 54.3 Å². The molecule has 2 aliphatic heterocycles. The van der Waals surface area contributed by atoms with E-state index in [1.807, 2.05) is 34.1 Å². The third-order valence-corrected chi connectivity index (χ3v) is 6.30. The zero-order valence-electron chi connectivity index (χ0n) is 17.7. The Morgan fingerprint density at radius 1 is 1.06 bits per heavy atom. The second kappa shape index (κ2) is 9.74. The molecule has 0 aromatic heterocycles. The standard InChI is InChI=1S/C24H22F3N3O2S/c1-2-14-32-20-9-4-3-6-17(20)15-21-22(31)28-23(33-21)30-12-10-29(11-13-30)19-8-5-7-18(16-19)24(25,26)27/h2-9,15-16H,1,10-14H2. The normalized spacial score (nSPS) is 18.0. The van der Waals surface area contributed by atoms with Crippen molar-refractivity contribution in [2.24, 2.45) is 4.99 Å². The van der Waals surface area contributed by atoms with Gasteiger partial charge in [-0.25, -0.2) is 0 Å². The number of amides is 1. The minimum atomic E-state index is -4.37. The van der Waals surface area contributed by atoms with Crippen LogP contribution in [0.1, 0.15) is 11.1 Å². The number of hydrogen-bond acceptors (Lipinski definition) is 5. The number of amidine groups is 1. The Balaban J connectivity index is 1.41. The van der Waals surface area contributed by atoms with Crippen LogP contribution in [-0.4, -0.2) is 48.8 Å². The molecule has 5 nitrogen and oxygen atoms in total. The van der Waals surface area contributed by atoms with Crippen LogP contribution < -0.4 is 9.64 Å². The van der Waals surface area contributed by atoms with Gasteiger partial charge in [0.15, 0.2) is 5.17 Å². The highest BCUT2D eigenvalue weighted by atomic mass is 32.2. The summed E-state index contributed by atoms with van der Waals surface area (Å²) in [6.07, 6.45) is -0.952. The molecule has 0 bridgehead atoms. The Kier molecular flexibility index (Phi) is 6.78. The van der Waals surface area contributed by atoms with Crippen LogP contribution in [0.2, 0.25) is 0 Å². The summed E-state index contributed by atoms with van der Waals surface area (Å²) in [5, 5.41) is 0.611. The highest BCUT2D eigenvalue weighted by molar-refractivity contribution is 8.18. The predicted molar refractivity (Wildman–Crippen MR) is 125 cm³/mol. The molecular formula is C24H22F3N3O2S. The first kappa shape index (κ1) is 23.0. The molecule has 2 aromatic carbocycles. The largest absolute Gasteiger partial charge is 0.489 e. The van der Waals surface area contributed by atoms with Crippen LogP contribution in [-0.2, 0) is 11.0 Å². The Morgan fingerprint density at radius 2 is 1.79 bits per heavy atom. The molecule has 1 amide bonds. The number of rotatable bonds is 5. The molecule has 0 N–H and O–H groups in total. The first-order valence-electron chi connectivity index (χ1n) is 10.4. The van der Waals surface area contributed by atoms with Crippen LogP contribution in [0.3, 0.4) is 0 Å². The minimum absolute atomic E-state index is 0.311. The monoisotopic (exact) mass is 473 g/mol. The molecule has 2 aliphatic rings. The maximum Gasteiger partial charge on any atom is 0.416 e. The van der Waals surface area contributed by atoms with Gasteiger partial charge in [0.1, 0.15) is 12.4 Å². The molecule has 1 saturated heterocycles. The molecule has 4 rings (SSSR count). The molecule has 1 fully saturated rings. The average molecular weight is 474 g/mol. The number of ether oxygens (including phenoxy) is 1. The van der Waals surface area contributed by atoms with E-state index in [9.17, 15) is 18.0 Å². The number of benzene rings is 2. The van der Waals surface area contributed by atoms with Crippen LogP contribution in [0.5, 0.6) is 5.75 Å². The summed E-state index contributed by atoms with van der Waals surface area (Å²) in [7, 11) is 0. The molecule has 0 aliphatic carbocycles. The van der Waals surface area contributed by atoms with Gasteiger partial charge in [0.05, 0.1) is 10.5 Å². The van der Waals surface area contributed by atoms with Crippen LogP contribution >= 0.6 is 11.8 Å². The Labute approximate surface area is 194 Å². The highest BCUT2D eigenvalue weighted by Crippen LogP contribution is 2.34. The number of anilines is 1. The summed E-state index contributed by atoms with van der Waals surface area (Å²) in [4.78, 5) is 21.1. The Hall–Kier alpha value is -3.20. The van der Waals surface area contributed by atoms with Gasteiger partial charge in [0.25, 0.3) is 5.91 Å². The van der Waals surface area contributed by atoms with Gasteiger partial charge in [-0.3, -0.25) is 4.79 Å². The van der Waals surface area contributed by atoms with E-state index < -0.39 is 11.7 Å². The fourth-order valence-electron chi connectivity index (χ4n) is 3.59. The summed E-state index contributed by atoms with van der Waals surface area (Å²) in [5.41, 5.74) is 0.662. The number of hydrogen-bond donors (Lipinski definition) is 0. The zero-order chi connectivity index (χ0) is 23.4. The van der Waals surface area contributed by atoms with Crippen molar-refractivity contribution in [1.29, 1.82) is 0 Å². The second-order valence-electron chi connectivity index (χ2n) is 7.47. The topological polar surface area (TPSA) is 45.1 Å². The molecule has 2 aromatic rings. The average Bonchev–Trinajstić information content (AvgIpc) is 3.18. The van der Waals surface area contributed by atoms with Crippen molar-refractivity contribution in [3.63, 3.8) is 0 Å². The lowest BCUT2D eigenvalue weighted by Crippen LogP contribution is -2.47. The van der Waals surface area contributed by atoms with Gasteiger partial charge < -0.3 is 14.5 Å². The second-order valence-corrected chi connectivity index (χ2v) is 8.48. The van der Waals surface area contributed by atoms with Gasteiger partial charge in [-0.1, -0.05) is 36.9 Å². The number of piperazine rings is 1. The van der Waals surface area contributed by atoms with Crippen molar-refractivity contribution < 1.29 is 22.7 Å². The van der Waals surface area contributed by atoms with E-state index in [2.05, 4.69) is 11.6 Å². The lowest BCUT2D eigenvalue weighted by Gasteiger charge is -2.36. The van der Waals surface area contributed by atoms with Gasteiger partial charge in [0, 0.05) is 37.4 Å². The third kappa shape index (κ3) is 5.42. The van der Waals surface area contributed by atoms with Gasteiger partial charge in [-0.05, 0) is 42.1 Å². The maximum absolute atomic E-state index is 13.0. The Bertz CT molecular complexity index is 1110. The molecular weight excluding hydrogens is 451 g/mol. The number of para-hydroxylation sites is 1. The minimum Gasteiger partial charge on any atom is -0.489 e. The fraction of sp³-hybridized carbons (Fsp3) is 0.250. The summed E-state index contributed by atoms with van der Waals surface area (Å²) < 4.78 is 44.7. The highest BCUT2D eigenvalue weighted by Gasteiger charge is 2.32. The van der Waals surface area contributed by atoms with E-state index in [-0.39, 0.29) is 5.91 Å². The van der Waals surface area contributed by atoms with Crippen LogP contribution in [0.15, 0.2) is 71.1 Å². The van der Waals surface area contributed by atoms with Gasteiger partial charge in [0.2, 0.25) is 0 Å². The molecule has 33 heavy (non-hydrogen) atoms. The van der Waals surface area contributed by atoms with E-state index in [1.165, 1.54) is 23.9 Å². The maximum atomic E-state index is 13.0. The van der Waals surface area contributed by atoms with Crippen molar-refractivity contribution in [3.05, 3.63) is 77.2 Å². The number of halogens is 3. The van der Waals surface area contributed by atoms with E-state index >= 15 is 0 Å². The summed E-state index contributed by atoms with van der Waals surface area (Å²) in [5.74, 6) is 0.343. The van der Waals surface area contributed by atoms with E-state index in [4.69, 9.17) is 4.74 Å². The van der Waals surface area contributed by atoms with Gasteiger partial charge in [-0.15, -0.1) is 0 Å². The van der Waals surface area contributed by atoms with E-state index in [0.717, 1.165) is 11.6 Å². The number of carbonyl (C=O) groups is 1. The smallest absolute Gasteiger partial charge is 0.416 e. The summed E-state index contributed by atoms with van der Waals surface area (Å²) in [6, 6.07) is 12.8. The number of alkyl halides is 3. The van der Waals surface area contributed by atoms with E-state index in [1.54, 1.807) is 18.2 Å². The lowest BCUT2D eigenvalue weighted by atomic mass is 10.1. The molecule has 0 saturated carbocycles. The number of aliphatic imine (C=N–C) groups is 1.